The SMILES string of the molecule is Cc1sccc1-c1ncc(CN)s1. The zero-order chi connectivity index (χ0) is 9.26. The van der Waals surface area contributed by atoms with Crippen molar-refractivity contribution in [1.29, 1.82) is 0 Å². The smallest absolute Gasteiger partial charge is 0.124 e. The number of nitrogens with two attached hydrogens (primary N) is 1. The highest BCUT2D eigenvalue weighted by Gasteiger charge is 2.06. The predicted molar refractivity (Wildman–Crippen MR) is 58.1 cm³/mol. The Morgan fingerprint density at radius 3 is 2.92 bits per heavy atom. The van der Waals surface area contributed by atoms with Crippen LogP contribution in [0.15, 0.2) is 17.6 Å². The topological polar surface area (TPSA) is 38.9 Å². The van der Waals surface area contributed by atoms with E-state index in [1.165, 1.54) is 10.4 Å². The molecule has 0 spiro atoms. The molecule has 0 aliphatic rings. The molecule has 0 radical (unpaired) electrons. The van der Waals surface area contributed by atoms with Gasteiger partial charge in [0.1, 0.15) is 5.01 Å². The van der Waals surface area contributed by atoms with Gasteiger partial charge in [-0.2, -0.15) is 0 Å². The Balaban J connectivity index is 2.41. The van der Waals surface area contributed by atoms with Gasteiger partial charge in [-0.3, -0.25) is 0 Å². The van der Waals surface area contributed by atoms with Gasteiger partial charge in [0, 0.05) is 28.1 Å². The number of nitrogens with zero attached hydrogens (tertiary/aromatic N) is 1. The van der Waals surface area contributed by atoms with Crippen LogP contribution in [0, 0.1) is 6.92 Å². The lowest BCUT2D eigenvalue weighted by atomic mass is 10.3. The summed E-state index contributed by atoms with van der Waals surface area (Å²) in [7, 11) is 0. The van der Waals surface area contributed by atoms with Gasteiger partial charge in [-0.25, -0.2) is 4.98 Å². The van der Waals surface area contributed by atoms with Gasteiger partial charge in [-0.05, 0) is 18.4 Å². The Hall–Kier alpha value is -0.710. The van der Waals surface area contributed by atoms with Crippen LogP contribution in [-0.2, 0) is 6.54 Å². The van der Waals surface area contributed by atoms with Gasteiger partial charge in [-0.15, -0.1) is 22.7 Å². The summed E-state index contributed by atoms with van der Waals surface area (Å²) in [6.45, 7) is 2.70. The van der Waals surface area contributed by atoms with Crippen LogP contribution in [0.1, 0.15) is 9.75 Å². The van der Waals surface area contributed by atoms with Gasteiger partial charge in [0.25, 0.3) is 0 Å². The summed E-state index contributed by atoms with van der Waals surface area (Å²) in [5.41, 5.74) is 6.77. The van der Waals surface area contributed by atoms with Crippen molar-refractivity contribution in [2.45, 2.75) is 13.5 Å². The summed E-state index contributed by atoms with van der Waals surface area (Å²) in [5, 5.41) is 3.17. The highest BCUT2D eigenvalue weighted by molar-refractivity contribution is 7.16. The molecule has 2 aromatic heterocycles. The monoisotopic (exact) mass is 210 g/mol. The van der Waals surface area contributed by atoms with Crippen LogP contribution in [0.2, 0.25) is 0 Å². The first-order valence-electron chi connectivity index (χ1n) is 4.00. The molecule has 0 aromatic carbocycles. The minimum absolute atomic E-state index is 0.584. The van der Waals surface area contributed by atoms with Gasteiger partial charge >= 0.3 is 0 Å². The maximum absolute atomic E-state index is 5.53. The van der Waals surface area contributed by atoms with E-state index in [0.29, 0.717) is 6.54 Å². The number of aromatic nitrogens is 1. The molecule has 0 saturated heterocycles. The van der Waals surface area contributed by atoms with Crippen LogP contribution < -0.4 is 5.73 Å². The molecule has 68 valence electrons. The van der Waals surface area contributed by atoms with Crippen LogP contribution in [0.25, 0.3) is 10.6 Å². The van der Waals surface area contributed by atoms with E-state index >= 15 is 0 Å². The molecule has 0 amide bonds. The maximum atomic E-state index is 5.53. The van der Waals surface area contributed by atoms with E-state index in [0.717, 1.165) is 9.88 Å². The molecule has 2 heterocycles. The van der Waals surface area contributed by atoms with Crippen molar-refractivity contribution in [2.24, 2.45) is 5.73 Å². The van der Waals surface area contributed by atoms with E-state index in [1.807, 2.05) is 6.20 Å². The second kappa shape index (κ2) is 3.57. The number of thiophene rings is 1. The molecule has 2 rings (SSSR count). The highest BCUT2D eigenvalue weighted by atomic mass is 32.1. The van der Waals surface area contributed by atoms with E-state index in [4.69, 9.17) is 5.73 Å². The summed E-state index contributed by atoms with van der Waals surface area (Å²) in [6.07, 6.45) is 1.86. The molecule has 0 saturated carbocycles. The van der Waals surface area contributed by atoms with E-state index in [9.17, 15) is 0 Å². The standard InChI is InChI=1S/C9H10N2S2/c1-6-8(2-3-12-6)9-11-5-7(4-10)13-9/h2-3,5H,4,10H2,1H3. The summed E-state index contributed by atoms with van der Waals surface area (Å²) in [4.78, 5) is 6.79. The van der Waals surface area contributed by atoms with Crippen molar-refractivity contribution in [3.63, 3.8) is 0 Å². The molecule has 0 atom stereocenters. The van der Waals surface area contributed by atoms with Crippen LogP contribution in [-0.4, -0.2) is 4.98 Å². The molecular weight excluding hydrogens is 200 g/mol. The third kappa shape index (κ3) is 1.65. The van der Waals surface area contributed by atoms with Crippen molar-refractivity contribution in [1.82, 2.24) is 4.98 Å². The average Bonchev–Trinajstić information content (AvgIpc) is 2.71. The molecule has 0 aliphatic carbocycles. The summed E-state index contributed by atoms with van der Waals surface area (Å²) < 4.78 is 0. The first kappa shape index (κ1) is 8.87. The van der Waals surface area contributed by atoms with Crippen molar-refractivity contribution in [3.8, 4) is 10.6 Å². The molecule has 2 N–H and O–H groups in total. The lowest BCUT2D eigenvalue weighted by molar-refractivity contribution is 1.10. The van der Waals surface area contributed by atoms with Crippen LogP contribution in [0.5, 0.6) is 0 Å². The molecule has 2 nitrogen and oxygen atoms in total. The van der Waals surface area contributed by atoms with Crippen molar-refractivity contribution in [3.05, 3.63) is 27.4 Å². The lowest BCUT2D eigenvalue weighted by Crippen LogP contribution is -1.91. The second-order valence-electron chi connectivity index (χ2n) is 2.73. The lowest BCUT2D eigenvalue weighted by Gasteiger charge is -1.91. The minimum Gasteiger partial charge on any atom is -0.326 e. The summed E-state index contributed by atoms with van der Waals surface area (Å²) in [6, 6.07) is 2.11. The molecule has 0 fully saturated rings. The van der Waals surface area contributed by atoms with Crippen LogP contribution in [0.4, 0.5) is 0 Å². The maximum Gasteiger partial charge on any atom is 0.124 e. The van der Waals surface area contributed by atoms with E-state index < -0.39 is 0 Å². The number of thiazole rings is 1. The number of hydrogen-bond acceptors (Lipinski definition) is 4. The fraction of sp³-hybridized carbons (Fsp3) is 0.222. The molecule has 4 heteroatoms. The van der Waals surface area contributed by atoms with Crippen molar-refractivity contribution >= 4 is 22.7 Å². The number of rotatable bonds is 2. The minimum atomic E-state index is 0.584. The Bertz CT molecular complexity index is 403. The fourth-order valence-electron chi connectivity index (χ4n) is 1.13. The predicted octanol–water partition coefficient (Wildman–Crippen LogP) is 2.64. The zero-order valence-corrected chi connectivity index (χ0v) is 8.91. The molecule has 0 unspecified atom stereocenters. The van der Waals surface area contributed by atoms with Crippen LogP contribution in [0.3, 0.4) is 0 Å². The van der Waals surface area contributed by atoms with E-state index in [1.54, 1.807) is 22.7 Å². The van der Waals surface area contributed by atoms with Gasteiger partial charge < -0.3 is 5.73 Å². The Morgan fingerprint density at radius 2 is 2.38 bits per heavy atom. The fourth-order valence-corrected chi connectivity index (χ4v) is 2.77. The number of hydrogen-bond donors (Lipinski definition) is 1. The second-order valence-corrected chi connectivity index (χ2v) is 4.96. The summed E-state index contributed by atoms with van der Waals surface area (Å²) in [5.74, 6) is 0. The van der Waals surface area contributed by atoms with Gasteiger partial charge in [0.05, 0.1) is 0 Å². The number of aryl methyl sites for hydroxylation is 1. The van der Waals surface area contributed by atoms with Gasteiger partial charge in [0.15, 0.2) is 0 Å². The first-order chi connectivity index (χ1) is 6.31. The molecule has 2 aromatic rings. The van der Waals surface area contributed by atoms with E-state index in [-0.39, 0.29) is 0 Å². The van der Waals surface area contributed by atoms with Gasteiger partial charge in [0.2, 0.25) is 0 Å². The zero-order valence-electron chi connectivity index (χ0n) is 7.28. The quantitative estimate of drug-likeness (QED) is 0.827. The third-order valence-electron chi connectivity index (χ3n) is 1.84. The third-order valence-corrected chi connectivity index (χ3v) is 3.74. The van der Waals surface area contributed by atoms with E-state index in [2.05, 4.69) is 23.4 Å². The van der Waals surface area contributed by atoms with Crippen molar-refractivity contribution < 1.29 is 0 Å². The molecule has 0 aliphatic heterocycles. The Labute approximate surface area is 85.1 Å². The van der Waals surface area contributed by atoms with Gasteiger partial charge in [-0.1, -0.05) is 0 Å². The molecule has 13 heavy (non-hydrogen) atoms. The van der Waals surface area contributed by atoms with Crippen LogP contribution >= 0.6 is 22.7 Å². The van der Waals surface area contributed by atoms with Crippen molar-refractivity contribution in [2.75, 3.05) is 0 Å². The normalized spacial score (nSPS) is 10.6. The average molecular weight is 210 g/mol. The molecular formula is C9H10N2S2. The Morgan fingerprint density at radius 1 is 1.54 bits per heavy atom. The first-order valence-corrected chi connectivity index (χ1v) is 5.70. The highest BCUT2D eigenvalue weighted by Crippen LogP contribution is 2.30. The molecule has 0 bridgehead atoms. The summed E-state index contributed by atoms with van der Waals surface area (Å²) >= 11 is 3.43. The Kier molecular flexibility index (Phi) is 2.44. The largest absolute Gasteiger partial charge is 0.326 e.